The van der Waals surface area contributed by atoms with Crippen LogP contribution in [-0.2, 0) is 9.53 Å². The van der Waals surface area contributed by atoms with Crippen LogP contribution in [-0.4, -0.2) is 86.6 Å². The van der Waals surface area contributed by atoms with Crippen LogP contribution >= 0.6 is 0 Å². The summed E-state index contributed by atoms with van der Waals surface area (Å²) in [6.45, 7) is 1.76. The summed E-state index contributed by atoms with van der Waals surface area (Å²) in [6, 6.07) is 10.0. The number of amides is 3. The average molecular weight is 527 g/mol. The Morgan fingerprint density at radius 2 is 1.97 bits per heavy atom. The minimum absolute atomic E-state index is 0.0402. The molecule has 0 unspecified atom stereocenters. The maximum absolute atomic E-state index is 13.5. The zero-order chi connectivity index (χ0) is 27.2. The molecule has 0 spiro atoms. The SMILES string of the molecule is CN(C)CCCNC(=O)C[C@H]1CC[C@@H]2[C@H](COc3ccc(NC(=O)c4cccc(F)c4)cc3C(=O)N2C)O1. The molecule has 1 saturated heterocycles. The monoisotopic (exact) mass is 526 g/mol. The second-order valence-electron chi connectivity index (χ2n) is 10.1. The van der Waals surface area contributed by atoms with E-state index in [1.165, 1.54) is 18.2 Å². The summed E-state index contributed by atoms with van der Waals surface area (Å²) in [6.07, 6.45) is 1.88. The fourth-order valence-electron chi connectivity index (χ4n) is 4.84. The van der Waals surface area contributed by atoms with Crippen LogP contribution in [0.3, 0.4) is 0 Å². The van der Waals surface area contributed by atoms with Gasteiger partial charge in [-0.05, 0) is 76.3 Å². The molecule has 204 valence electrons. The number of ether oxygens (including phenoxy) is 2. The Kier molecular flexibility index (Phi) is 8.96. The lowest BCUT2D eigenvalue weighted by Gasteiger charge is -2.42. The van der Waals surface area contributed by atoms with Gasteiger partial charge in [0.05, 0.1) is 24.1 Å². The molecular weight excluding hydrogens is 491 g/mol. The molecule has 10 heteroatoms. The standard InChI is InChI=1S/C28H35FN4O5/c1-32(2)13-5-12-30-26(34)16-21-9-10-23-25(38-21)17-37-24-11-8-20(15-22(24)28(36)33(23)3)31-27(35)18-6-4-7-19(29)14-18/h4,6-8,11,14-15,21,23,25H,5,9-10,12-13,16-17H2,1-3H3,(H,30,34)(H,31,35)/t21-,23-,25+/m1/s1. The third-order valence-corrected chi connectivity index (χ3v) is 6.87. The Labute approximate surface area is 222 Å². The molecule has 0 aliphatic carbocycles. The lowest BCUT2D eigenvalue weighted by Crippen LogP contribution is -2.54. The zero-order valence-corrected chi connectivity index (χ0v) is 22.0. The van der Waals surface area contributed by atoms with Gasteiger partial charge < -0.3 is 29.9 Å². The van der Waals surface area contributed by atoms with Gasteiger partial charge in [-0.3, -0.25) is 14.4 Å². The van der Waals surface area contributed by atoms with E-state index in [9.17, 15) is 18.8 Å². The number of nitrogens with zero attached hydrogens (tertiary/aromatic N) is 2. The van der Waals surface area contributed by atoms with Gasteiger partial charge in [0.1, 0.15) is 24.3 Å². The number of carbonyl (C=O) groups excluding carboxylic acids is 3. The first-order valence-corrected chi connectivity index (χ1v) is 12.9. The lowest BCUT2D eigenvalue weighted by atomic mass is 9.94. The molecule has 1 fully saturated rings. The number of hydrogen-bond donors (Lipinski definition) is 2. The number of fused-ring (bicyclic) bond motifs is 2. The Morgan fingerprint density at radius 3 is 2.74 bits per heavy atom. The topological polar surface area (TPSA) is 100 Å². The predicted octanol–water partition coefficient (Wildman–Crippen LogP) is 2.92. The Balaban J connectivity index is 1.39. The van der Waals surface area contributed by atoms with E-state index >= 15 is 0 Å². The summed E-state index contributed by atoms with van der Waals surface area (Å²) in [5.74, 6) is -0.897. The van der Waals surface area contributed by atoms with Gasteiger partial charge in [0, 0.05) is 24.8 Å². The van der Waals surface area contributed by atoms with Crippen LogP contribution in [0.25, 0.3) is 0 Å². The maximum Gasteiger partial charge on any atom is 0.257 e. The number of rotatable bonds is 8. The summed E-state index contributed by atoms with van der Waals surface area (Å²) < 4.78 is 25.7. The van der Waals surface area contributed by atoms with E-state index in [1.54, 1.807) is 30.1 Å². The molecule has 0 radical (unpaired) electrons. The normalized spacial score (nSPS) is 21.0. The number of nitrogens with one attached hydrogen (secondary N) is 2. The van der Waals surface area contributed by atoms with Gasteiger partial charge in [0.25, 0.3) is 11.8 Å². The quantitative estimate of drug-likeness (QED) is 0.513. The predicted molar refractivity (Wildman–Crippen MR) is 141 cm³/mol. The van der Waals surface area contributed by atoms with Crippen molar-refractivity contribution in [2.24, 2.45) is 0 Å². The number of hydrogen-bond acceptors (Lipinski definition) is 6. The largest absolute Gasteiger partial charge is 0.490 e. The van der Waals surface area contributed by atoms with E-state index < -0.39 is 11.7 Å². The molecule has 0 aromatic heterocycles. The fraction of sp³-hybridized carbons (Fsp3) is 0.464. The molecule has 0 bridgehead atoms. The van der Waals surface area contributed by atoms with Gasteiger partial charge in [-0.15, -0.1) is 0 Å². The molecule has 2 heterocycles. The van der Waals surface area contributed by atoms with Gasteiger partial charge >= 0.3 is 0 Å². The van der Waals surface area contributed by atoms with Crippen molar-refractivity contribution in [3.63, 3.8) is 0 Å². The van der Waals surface area contributed by atoms with E-state index in [0.29, 0.717) is 36.4 Å². The molecule has 2 aliphatic heterocycles. The van der Waals surface area contributed by atoms with Gasteiger partial charge in [0.15, 0.2) is 0 Å². The van der Waals surface area contributed by atoms with Crippen LogP contribution in [0.15, 0.2) is 42.5 Å². The van der Waals surface area contributed by atoms with Gasteiger partial charge in [-0.2, -0.15) is 0 Å². The second kappa shape index (κ2) is 12.4. The molecule has 2 aliphatic rings. The van der Waals surface area contributed by atoms with E-state index in [1.807, 2.05) is 14.1 Å². The molecule has 3 atom stereocenters. The van der Waals surface area contributed by atoms with Crippen LogP contribution in [0, 0.1) is 5.82 Å². The van der Waals surface area contributed by atoms with Crippen LogP contribution in [0.5, 0.6) is 5.75 Å². The number of benzene rings is 2. The average Bonchev–Trinajstić information content (AvgIpc) is 2.89. The van der Waals surface area contributed by atoms with Gasteiger partial charge in [0.2, 0.25) is 5.91 Å². The maximum atomic E-state index is 13.5. The summed E-state index contributed by atoms with van der Waals surface area (Å²) in [5.41, 5.74) is 0.898. The minimum atomic E-state index is -0.506. The Morgan fingerprint density at radius 1 is 1.16 bits per heavy atom. The summed E-state index contributed by atoms with van der Waals surface area (Å²) in [7, 11) is 5.73. The van der Waals surface area contributed by atoms with E-state index in [-0.39, 0.29) is 48.7 Å². The minimum Gasteiger partial charge on any atom is -0.490 e. The lowest BCUT2D eigenvalue weighted by molar-refractivity contribution is -0.134. The molecule has 4 rings (SSSR count). The van der Waals surface area contributed by atoms with Crippen molar-refractivity contribution in [2.45, 2.75) is 43.9 Å². The molecular formula is C28H35FN4O5. The molecule has 0 saturated carbocycles. The molecule has 3 amide bonds. The summed E-state index contributed by atoms with van der Waals surface area (Å²) in [5, 5.41) is 5.66. The first kappa shape index (κ1) is 27.5. The van der Waals surface area contributed by atoms with Crippen molar-refractivity contribution >= 4 is 23.4 Å². The molecule has 9 nitrogen and oxygen atoms in total. The highest BCUT2D eigenvalue weighted by Gasteiger charge is 2.39. The van der Waals surface area contributed by atoms with Crippen molar-refractivity contribution in [1.29, 1.82) is 0 Å². The molecule has 2 N–H and O–H groups in total. The third kappa shape index (κ3) is 6.87. The Hall–Kier alpha value is -3.50. The van der Waals surface area contributed by atoms with E-state index in [2.05, 4.69) is 15.5 Å². The zero-order valence-electron chi connectivity index (χ0n) is 22.0. The fourth-order valence-corrected chi connectivity index (χ4v) is 4.84. The van der Waals surface area contributed by atoms with Crippen LogP contribution in [0.2, 0.25) is 0 Å². The second-order valence-corrected chi connectivity index (χ2v) is 10.1. The number of halogens is 1. The van der Waals surface area contributed by atoms with Crippen LogP contribution in [0.1, 0.15) is 46.4 Å². The van der Waals surface area contributed by atoms with Crippen molar-refractivity contribution in [1.82, 2.24) is 15.1 Å². The number of anilines is 1. The highest BCUT2D eigenvalue weighted by atomic mass is 19.1. The van der Waals surface area contributed by atoms with Crippen molar-refractivity contribution in [3.05, 3.63) is 59.4 Å². The van der Waals surface area contributed by atoms with Gasteiger partial charge in [-0.25, -0.2) is 4.39 Å². The van der Waals surface area contributed by atoms with E-state index in [0.717, 1.165) is 19.0 Å². The van der Waals surface area contributed by atoms with Crippen molar-refractivity contribution in [3.8, 4) is 5.75 Å². The van der Waals surface area contributed by atoms with Crippen molar-refractivity contribution < 1.29 is 28.2 Å². The summed E-state index contributed by atoms with van der Waals surface area (Å²) in [4.78, 5) is 42.1. The highest BCUT2D eigenvalue weighted by molar-refractivity contribution is 6.05. The first-order valence-electron chi connectivity index (χ1n) is 12.9. The van der Waals surface area contributed by atoms with E-state index in [4.69, 9.17) is 9.47 Å². The Bertz CT molecular complexity index is 1170. The van der Waals surface area contributed by atoms with Gasteiger partial charge in [-0.1, -0.05) is 6.07 Å². The molecule has 2 aromatic rings. The van der Waals surface area contributed by atoms with Crippen molar-refractivity contribution in [2.75, 3.05) is 46.2 Å². The summed E-state index contributed by atoms with van der Waals surface area (Å²) >= 11 is 0. The molecule has 2 aromatic carbocycles. The van der Waals surface area contributed by atoms with Crippen LogP contribution in [0.4, 0.5) is 10.1 Å². The smallest absolute Gasteiger partial charge is 0.257 e. The highest BCUT2D eigenvalue weighted by Crippen LogP contribution is 2.32. The number of likely N-dealkylation sites (N-methyl/N-ethyl adjacent to an activating group) is 1. The molecule has 38 heavy (non-hydrogen) atoms. The first-order chi connectivity index (χ1) is 18.2. The number of carbonyl (C=O) groups is 3. The third-order valence-electron chi connectivity index (χ3n) is 6.87. The van der Waals surface area contributed by atoms with Crippen LogP contribution < -0.4 is 15.4 Å².